The lowest BCUT2D eigenvalue weighted by atomic mass is 10.00. The maximum absolute atomic E-state index is 11.4. The molecule has 6 rings (SSSR count). The van der Waals surface area contributed by atoms with Gasteiger partial charge in [0, 0.05) is 136 Å². The van der Waals surface area contributed by atoms with Crippen LogP contribution in [0.2, 0.25) is 0 Å². The first-order chi connectivity index (χ1) is 23.8. The summed E-state index contributed by atoms with van der Waals surface area (Å²) in [5.74, 6) is 0. The van der Waals surface area contributed by atoms with E-state index in [1.54, 1.807) is 6.07 Å². The van der Waals surface area contributed by atoms with Crippen LogP contribution < -0.4 is 25.3 Å². The number of likely N-dealkylation sites (N-methyl/N-ethyl adjacent to an activating group) is 2. The van der Waals surface area contributed by atoms with E-state index < -0.39 is 0 Å². The second-order valence-corrected chi connectivity index (χ2v) is 15.5. The molecule has 4 aliphatic heterocycles. The van der Waals surface area contributed by atoms with Crippen LogP contribution in [0.25, 0.3) is 0 Å². The lowest BCUT2D eigenvalue weighted by Gasteiger charge is -2.43. The summed E-state index contributed by atoms with van der Waals surface area (Å²) in [6.45, 7) is 18.0. The molecule has 50 heavy (non-hydrogen) atoms. The summed E-state index contributed by atoms with van der Waals surface area (Å²) >= 11 is 0. The van der Waals surface area contributed by atoms with Crippen molar-refractivity contribution >= 4 is 34.1 Å². The maximum Gasteiger partial charge on any atom is 0.292 e. The number of nitrogens with two attached hydrogens (primary N) is 1. The average Bonchev–Trinajstić information content (AvgIpc) is 3.09. The smallest absolute Gasteiger partial charge is 0.292 e. The van der Waals surface area contributed by atoms with Crippen molar-refractivity contribution in [1.29, 1.82) is 0 Å². The molecule has 0 aliphatic carbocycles. The van der Waals surface area contributed by atoms with Gasteiger partial charge in [0.2, 0.25) is 0 Å². The summed E-state index contributed by atoms with van der Waals surface area (Å²) in [6.07, 6.45) is 4.87. The zero-order valence-electron chi connectivity index (χ0n) is 32.2. The number of rotatable bonds is 7. The highest BCUT2D eigenvalue weighted by atomic mass is 16.6. The van der Waals surface area contributed by atoms with E-state index in [9.17, 15) is 10.1 Å². The van der Waals surface area contributed by atoms with Gasteiger partial charge in [-0.2, -0.15) is 0 Å². The Morgan fingerprint density at radius 3 is 1.38 bits per heavy atom. The molecule has 4 saturated heterocycles. The lowest BCUT2D eigenvalue weighted by Crippen LogP contribution is -2.52. The SMILES string of the molecule is Cc1cc(N)c(N(C)C)cc1N1CCC(N2CCN(C)CC2)CC1.Cc1cc([N+](=O)[O-])c(N(C)C)cc1N1CCC(N2CCN(C)CC2)CC1. The number of nitro benzene ring substituents is 1. The second kappa shape index (κ2) is 16.8. The van der Waals surface area contributed by atoms with Gasteiger partial charge >= 0.3 is 0 Å². The summed E-state index contributed by atoms with van der Waals surface area (Å²) in [5.41, 5.74) is 13.8. The van der Waals surface area contributed by atoms with E-state index in [2.05, 4.69) is 81.5 Å². The van der Waals surface area contributed by atoms with Crippen molar-refractivity contribution in [2.24, 2.45) is 0 Å². The topological polar surface area (TPSA) is 95.1 Å². The van der Waals surface area contributed by atoms with Gasteiger partial charge in [0.15, 0.2) is 0 Å². The van der Waals surface area contributed by atoms with E-state index in [1.807, 2.05) is 32.0 Å². The standard InChI is InChI=1S/C19H31N5O2.C19H33N5/c1-15-13-19(24(25)26)18(20(2)3)14-17(15)23-7-5-16(6-8-23)22-11-9-21(4)10-12-22;1-15-13-17(20)19(21(2)3)14-18(15)24-7-5-16(6-8-24)23-11-9-22(4)10-12-23/h13-14,16H,5-12H2,1-4H3;13-14,16H,5-12,20H2,1-4H3. The zero-order valence-corrected chi connectivity index (χ0v) is 32.2. The van der Waals surface area contributed by atoms with Crippen LogP contribution in [-0.2, 0) is 0 Å². The number of nitrogen functional groups attached to an aromatic ring is 1. The molecule has 0 amide bonds. The molecule has 0 saturated carbocycles. The molecule has 0 aromatic heterocycles. The summed E-state index contributed by atoms with van der Waals surface area (Å²) in [4.78, 5) is 30.2. The first-order valence-corrected chi connectivity index (χ1v) is 18.7. The molecule has 0 atom stereocenters. The zero-order chi connectivity index (χ0) is 36.1. The first-order valence-electron chi connectivity index (χ1n) is 18.7. The Hall–Kier alpha value is -3.32. The summed E-state index contributed by atoms with van der Waals surface area (Å²) in [5, 5.41) is 11.4. The Morgan fingerprint density at radius 2 is 1.00 bits per heavy atom. The van der Waals surface area contributed by atoms with E-state index in [4.69, 9.17) is 5.73 Å². The molecule has 0 radical (unpaired) electrons. The van der Waals surface area contributed by atoms with E-state index in [1.165, 1.54) is 63.4 Å². The minimum atomic E-state index is -0.286. The quantitative estimate of drug-likeness (QED) is 0.259. The minimum Gasteiger partial charge on any atom is -0.397 e. The minimum absolute atomic E-state index is 0.184. The van der Waals surface area contributed by atoms with Crippen LogP contribution in [-0.4, -0.2) is 157 Å². The number of hydrogen-bond donors (Lipinski definition) is 1. The highest BCUT2D eigenvalue weighted by Gasteiger charge is 2.30. The number of nitro groups is 1. The Balaban J connectivity index is 0.000000195. The molecule has 12 nitrogen and oxygen atoms in total. The van der Waals surface area contributed by atoms with Gasteiger partial charge in [-0.25, -0.2) is 0 Å². The highest BCUT2D eigenvalue weighted by Crippen LogP contribution is 2.36. The van der Waals surface area contributed by atoms with Gasteiger partial charge in [0.1, 0.15) is 5.69 Å². The lowest BCUT2D eigenvalue weighted by molar-refractivity contribution is -0.384. The number of aryl methyl sites for hydroxylation is 2. The number of benzene rings is 2. The molecule has 4 fully saturated rings. The van der Waals surface area contributed by atoms with E-state index in [0.717, 1.165) is 80.8 Å². The molecule has 12 heteroatoms. The molecule has 0 bridgehead atoms. The first kappa shape index (κ1) is 37.9. The van der Waals surface area contributed by atoms with Gasteiger partial charge in [-0.15, -0.1) is 0 Å². The van der Waals surface area contributed by atoms with Gasteiger partial charge in [-0.3, -0.25) is 19.9 Å². The molecule has 0 unspecified atom stereocenters. The molecular formula is C38H64N10O2. The molecule has 2 aromatic carbocycles. The van der Waals surface area contributed by atoms with Gasteiger partial charge in [-0.05, 0) is 83.0 Å². The van der Waals surface area contributed by atoms with Crippen LogP contribution in [0.3, 0.4) is 0 Å². The van der Waals surface area contributed by atoms with Crippen LogP contribution in [0.15, 0.2) is 24.3 Å². The third-order valence-corrected chi connectivity index (χ3v) is 11.5. The number of anilines is 5. The largest absolute Gasteiger partial charge is 0.397 e. The maximum atomic E-state index is 11.4. The van der Waals surface area contributed by atoms with Crippen LogP contribution in [0.4, 0.5) is 34.1 Å². The van der Waals surface area contributed by atoms with Crippen LogP contribution in [0.1, 0.15) is 36.8 Å². The van der Waals surface area contributed by atoms with Crippen molar-refractivity contribution in [3.8, 4) is 0 Å². The normalized spacial score (nSPS) is 20.8. The van der Waals surface area contributed by atoms with Gasteiger partial charge < -0.3 is 35.1 Å². The van der Waals surface area contributed by atoms with Gasteiger partial charge in [-0.1, -0.05) is 0 Å². The molecular weight excluding hydrogens is 628 g/mol. The van der Waals surface area contributed by atoms with Gasteiger partial charge in [0.05, 0.1) is 16.3 Å². The Labute approximate surface area is 301 Å². The Bertz CT molecular complexity index is 1420. The predicted octanol–water partition coefficient (Wildman–Crippen LogP) is 4.04. The predicted molar refractivity (Wildman–Crippen MR) is 211 cm³/mol. The molecule has 0 spiro atoms. The Morgan fingerprint density at radius 1 is 0.620 bits per heavy atom. The average molecular weight is 693 g/mol. The summed E-state index contributed by atoms with van der Waals surface area (Å²) < 4.78 is 0. The van der Waals surface area contributed by atoms with Gasteiger partial charge in [0.25, 0.3) is 5.69 Å². The molecule has 2 N–H and O–H groups in total. The number of nitrogens with zero attached hydrogens (tertiary/aromatic N) is 9. The van der Waals surface area contributed by atoms with Crippen molar-refractivity contribution in [2.45, 2.75) is 51.6 Å². The molecule has 278 valence electrons. The van der Waals surface area contributed by atoms with Crippen LogP contribution >= 0.6 is 0 Å². The number of piperidine rings is 2. The van der Waals surface area contributed by atoms with Crippen molar-refractivity contribution < 1.29 is 4.92 Å². The van der Waals surface area contributed by atoms with E-state index >= 15 is 0 Å². The van der Waals surface area contributed by atoms with Crippen molar-refractivity contribution in [3.63, 3.8) is 0 Å². The van der Waals surface area contributed by atoms with E-state index in [-0.39, 0.29) is 10.6 Å². The summed E-state index contributed by atoms with van der Waals surface area (Å²) in [6, 6.07) is 9.53. The van der Waals surface area contributed by atoms with Crippen LogP contribution in [0.5, 0.6) is 0 Å². The van der Waals surface area contributed by atoms with Crippen LogP contribution in [0, 0.1) is 24.0 Å². The Kier molecular flexibility index (Phi) is 12.7. The fraction of sp³-hybridized carbons (Fsp3) is 0.684. The molecule has 4 heterocycles. The van der Waals surface area contributed by atoms with E-state index in [0.29, 0.717) is 11.7 Å². The third kappa shape index (κ3) is 9.12. The fourth-order valence-electron chi connectivity index (χ4n) is 8.27. The highest BCUT2D eigenvalue weighted by molar-refractivity contribution is 5.76. The molecule has 4 aliphatic rings. The molecule has 2 aromatic rings. The van der Waals surface area contributed by atoms with Crippen molar-refractivity contribution in [2.75, 3.05) is 146 Å². The summed E-state index contributed by atoms with van der Waals surface area (Å²) in [7, 11) is 12.3. The van der Waals surface area contributed by atoms with Crippen molar-refractivity contribution in [3.05, 3.63) is 45.5 Å². The number of piperazine rings is 2. The third-order valence-electron chi connectivity index (χ3n) is 11.5. The fourth-order valence-corrected chi connectivity index (χ4v) is 8.27. The monoisotopic (exact) mass is 693 g/mol. The second-order valence-electron chi connectivity index (χ2n) is 15.5. The van der Waals surface area contributed by atoms with Crippen molar-refractivity contribution in [1.82, 2.24) is 19.6 Å². The number of hydrogen-bond acceptors (Lipinski definition) is 11.